The Morgan fingerprint density at radius 2 is 1.86 bits per heavy atom. The maximum Gasteiger partial charge on any atom is 0.341 e. The van der Waals surface area contributed by atoms with Gasteiger partial charge in [0.2, 0.25) is 15.9 Å². The zero-order valence-corrected chi connectivity index (χ0v) is 21.0. The number of aromatic amines is 2. The van der Waals surface area contributed by atoms with Gasteiger partial charge in [-0.25, -0.2) is 18.2 Å². The minimum absolute atomic E-state index is 0.0396. The molecule has 1 aromatic carbocycles. The number of carbonyl (C=O) groups excluding carboxylic acids is 2. The Morgan fingerprint density at radius 1 is 1.14 bits per heavy atom. The highest BCUT2D eigenvalue weighted by atomic mass is 32.2. The number of sulfonamides is 1. The van der Waals surface area contributed by atoms with Crippen LogP contribution in [0.25, 0.3) is 11.0 Å². The summed E-state index contributed by atoms with van der Waals surface area (Å²) >= 11 is 0. The number of piperidine rings is 1. The molecule has 3 N–H and O–H groups in total. The van der Waals surface area contributed by atoms with Crippen LogP contribution in [-0.2, 0) is 26.0 Å². The third-order valence-electron chi connectivity index (χ3n) is 6.32. The normalized spacial score (nSPS) is 15.4. The molecule has 3 heterocycles. The van der Waals surface area contributed by atoms with E-state index >= 15 is 0 Å². The van der Waals surface area contributed by atoms with Gasteiger partial charge in [-0.15, -0.1) is 0 Å². The van der Waals surface area contributed by atoms with Gasteiger partial charge < -0.3 is 20.0 Å². The highest BCUT2D eigenvalue weighted by molar-refractivity contribution is 7.89. The van der Waals surface area contributed by atoms with Crippen molar-refractivity contribution in [1.82, 2.24) is 24.6 Å². The summed E-state index contributed by atoms with van der Waals surface area (Å²) in [6.07, 6.45) is 1.40. The van der Waals surface area contributed by atoms with Crippen LogP contribution in [0.2, 0.25) is 0 Å². The standard InChI is InChI=1S/C24H31N5O5S/c1-4-34-24(31)21-15(2)26-16(3)22(21)35(32,33)29-13-10-17(11-14-29)23(30)25-12-9-20-27-18-7-5-6-8-19(18)28-20/h5-8,17,26H,4,9-14H2,1-3H3,(H,25,30)(H,27,28). The largest absolute Gasteiger partial charge is 0.462 e. The summed E-state index contributed by atoms with van der Waals surface area (Å²) in [6.45, 7) is 5.96. The number of ether oxygens (including phenoxy) is 1. The summed E-state index contributed by atoms with van der Waals surface area (Å²) < 4.78 is 33.3. The van der Waals surface area contributed by atoms with Crippen LogP contribution in [0.5, 0.6) is 0 Å². The first-order chi connectivity index (χ1) is 16.7. The maximum atomic E-state index is 13.4. The Bertz CT molecular complexity index is 1300. The number of hydrogen-bond donors (Lipinski definition) is 3. The molecule has 188 valence electrons. The number of benzene rings is 1. The average molecular weight is 502 g/mol. The lowest BCUT2D eigenvalue weighted by Gasteiger charge is -2.30. The number of hydrogen-bond acceptors (Lipinski definition) is 6. The quantitative estimate of drug-likeness (QED) is 0.406. The molecule has 0 spiro atoms. The van der Waals surface area contributed by atoms with Crippen molar-refractivity contribution in [3.05, 3.63) is 47.0 Å². The highest BCUT2D eigenvalue weighted by Crippen LogP contribution is 2.30. The van der Waals surface area contributed by atoms with Crippen LogP contribution in [0.15, 0.2) is 29.2 Å². The monoisotopic (exact) mass is 501 g/mol. The molecule has 1 amide bonds. The van der Waals surface area contributed by atoms with Gasteiger partial charge in [0.25, 0.3) is 0 Å². The van der Waals surface area contributed by atoms with Crippen molar-refractivity contribution < 1.29 is 22.7 Å². The predicted octanol–water partition coefficient (Wildman–Crippen LogP) is 2.44. The van der Waals surface area contributed by atoms with Gasteiger partial charge >= 0.3 is 5.97 Å². The molecule has 4 rings (SSSR count). The minimum Gasteiger partial charge on any atom is -0.462 e. The Kier molecular flexibility index (Phi) is 7.27. The molecule has 3 aromatic rings. The van der Waals surface area contributed by atoms with Crippen molar-refractivity contribution >= 4 is 32.9 Å². The molecule has 11 heteroatoms. The lowest BCUT2D eigenvalue weighted by molar-refractivity contribution is -0.126. The number of esters is 1. The predicted molar refractivity (Wildman–Crippen MR) is 131 cm³/mol. The Labute approximate surface area is 204 Å². The number of nitrogens with zero attached hydrogens (tertiary/aromatic N) is 2. The van der Waals surface area contributed by atoms with E-state index in [0.29, 0.717) is 37.2 Å². The van der Waals surface area contributed by atoms with E-state index in [1.165, 1.54) is 4.31 Å². The third kappa shape index (κ3) is 5.10. The van der Waals surface area contributed by atoms with E-state index in [2.05, 4.69) is 20.3 Å². The molecule has 0 radical (unpaired) electrons. The summed E-state index contributed by atoms with van der Waals surface area (Å²) in [7, 11) is -3.92. The van der Waals surface area contributed by atoms with Gasteiger partial charge in [0, 0.05) is 43.4 Å². The first kappa shape index (κ1) is 24.9. The number of carbonyl (C=O) groups is 2. The number of para-hydroxylation sites is 2. The number of imidazole rings is 1. The summed E-state index contributed by atoms with van der Waals surface area (Å²) in [5, 5.41) is 2.95. The zero-order chi connectivity index (χ0) is 25.2. The van der Waals surface area contributed by atoms with Crippen molar-refractivity contribution in [3.8, 4) is 0 Å². The first-order valence-electron chi connectivity index (χ1n) is 11.8. The van der Waals surface area contributed by atoms with Crippen LogP contribution in [-0.4, -0.2) is 65.8 Å². The second kappa shape index (κ2) is 10.2. The SMILES string of the molecule is CCOC(=O)c1c(C)[nH]c(C)c1S(=O)(=O)N1CCC(C(=O)NCCc2nc3ccccc3[nH]2)CC1. The van der Waals surface area contributed by atoms with E-state index in [4.69, 9.17) is 4.74 Å². The fraction of sp³-hybridized carbons (Fsp3) is 0.458. The number of nitrogens with one attached hydrogen (secondary N) is 3. The molecule has 1 aliphatic heterocycles. The minimum atomic E-state index is -3.92. The van der Waals surface area contributed by atoms with Crippen LogP contribution in [0.1, 0.15) is 47.3 Å². The van der Waals surface area contributed by atoms with E-state index in [1.54, 1.807) is 20.8 Å². The van der Waals surface area contributed by atoms with Crippen molar-refractivity contribution in [3.63, 3.8) is 0 Å². The molecule has 0 saturated carbocycles. The molecule has 35 heavy (non-hydrogen) atoms. The van der Waals surface area contributed by atoms with Crippen LogP contribution < -0.4 is 5.32 Å². The van der Waals surface area contributed by atoms with E-state index in [0.717, 1.165) is 16.9 Å². The zero-order valence-electron chi connectivity index (χ0n) is 20.2. The lowest BCUT2D eigenvalue weighted by atomic mass is 9.97. The van der Waals surface area contributed by atoms with Gasteiger partial charge in [0.1, 0.15) is 16.3 Å². The second-order valence-electron chi connectivity index (χ2n) is 8.72. The molecule has 2 aromatic heterocycles. The lowest BCUT2D eigenvalue weighted by Crippen LogP contribution is -2.43. The fourth-order valence-electron chi connectivity index (χ4n) is 4.59. The van der Waals surface area contributed by atoms with Gasteiger partial charge in [0.15, 0.2) is 0 Å². The molecule has 0 atom stereocenters. The smallest absolute Gasteiger partial charge is 0.341 e. The summed E-state index contributed by atoms with van der Waals surface area (Å²) in [5.74, 6) is -0.205. The molecular formula is C24H31N5O5S. The average Bonchev–Trinajstić information content (AvgIpc) is 3.38. The Balaban J connectivity index is 1.35. The Hall–Kier alpha value is -3.18. The van der Waals surface area contributed by atoms with Crippen molar-refractivity contribution in [2.75, 3.05) is 26.2 Å². The van der Waals surface area contributed by atoms with Crippen LogP contribution >= 0.6 is 0 Å². The molecule has 0 unspecified atom stereocenters. The number of aromatic nitrogens is 3. The van der Waals surface area contributed by atoms with Gasteiger partial charge in [-0.1, -0.05) is 12.1 Å². The Morgan fingerprint density at radius 3 is 2.54 bits per heavy atom. The van der Waals surface area contributed by atoms with Crippen LogP contribution in [0.4, 0.5) is 0 Å². The molecule has 10 nitrogen and oxygen atoms in total. The topological polar surface area (TPSA) is 137 Å². The van der Waals surface area contributed by atoms with E-state index in [9.17, 15) is 18.0 Å². The molecule has 1 fully saturated rings. The molecular weight excluding hydrogens is 470 g/mol. The van der Waals surface area contributed by atoms with E-state index < -0.39 is 16.0 Å². The van der Waals surface area contributed by atoms with Gasteiger partial charge in [-0.05, 0) is 45.7 Å². The van der Waals surface area contributed by atoms with E-state index in [1.807, 2.05) is 24.3 Å². The van der Waals surface area contributed by atoms with Crippen molar-refractivity contribution in [2.24, 2.45) is 5.92 Å². The van der Waals surface area contributed by atoms with Crippen molar-refractivity contribution in [2.45, 2.75) is 44.9 Å². The molecule has 1 saturated heterocycles. The maximum absolute atomic E-state index is 13.4. The summed E-state index contributed by atoms with van der Waals surface area (Å²) in [4.78, 5) is 35.8. The van der Waals surface area contributed by atoms with Crippen molar-refractivity contribution in [1.29, 1.82) is 0 Å². The number of aryl methyl sites for hydroxylation is 2. The van der Waals surface area contributed by atoms with Gasteiger partial charge in [0.05, 0.1) is 17.6 Å². The number of rotatable bonds is 8. The second-order valence-corrected chi connectivity index (χ2v) is 10.6. The first-order valence-corrected chi connectivity index (χ1v) is 13.2. The number of fused-ring (bicyclic) bond motifs is 1. The van der Waals surface area contributed by atoms with Gasteiger partial charge in [-0.2, -0.15) is 4.31 Å². The van der Waals surface area contributed by atoms with E-state index in [-0.39, 0.29) is 42.0 Å². The third-order valence-corrected chi connectivity index (χ3v) is 8.39. The number of H-pyrrole nitrogens is 2. The highest BCUT2D eigenvalue weighted by Gasteiger charge is 2.37. The molecule has 0 bridgehead atoms. The van der Waals surface area contributed by atoms with Gasteiger partial charge in [-0.3, -0.25) is 4.79 Å². The molecule has 1 aliphatic rings. The summed E-state index contributed by atoms with van der Waals surface area (Å²) in [5.41, 5.74) is 2.76. The fourth-order valence-corrected chi connectivity index (χ4v) is 6.47. The van der Waals surface area contributed by atoms with Crippen LogP contribution in [0.3, 0.4) is 0 Å². The van der Waals surface area contributed by atoms with Crippen LogP contribution in [0, 0.1) is 19.8 Å². The summed E-state index contributed by atoms with van der Waals surface area (Å²) in [6, 6.07) is 7.76. The number of amides is 1. The molecule has 0 aliphatic carbocycles.